The van der Waals surface area contributed by atoms with Gasteiger partial charge in [-0.25, -0.2) is 9.78 Å². The number of nitrogens with zero attached hydrogens (tertiary/aromatic N) is 1. The number of oxazole rings is 1. The van der Waals surface area contributed by atoms with E-state index < -0.39 is 11.6 Å². The minimum Gasteiger partial charge on any atom is -0.482 e. The molecular formula is C31H31NO5. The number of aliphatic hydroxyl groups is 1. The van der Waals surface area contributed by atoms with Crippen molar-refractivity contribution in [3.05, 3.63) is 96.4 Å². The van der Waals surface area contributed by atoms with Gasteiger partial charge in [0, 0.05) is 17.0 Å². The summed E-state index contributed by atoms with van der Waals surface area (Å²) in [7, 11) is 1.33. The van der Waals surface area contributed by atoms with E-state index in [1.165, 1.54) is 7.11 Å². The monoisotopic (exact) mass is 497 g/mol. The van der Waals surface area contributed by atoms with E-state index in [0.717, 1.165) is 41.6 Å². The molecule has 4 aromatic rings. The second kappa shape index (κ2) is 11.0. The van der Waals surface area contributed by atoms with Crippen LogP contribution < -0.4 is 4.74 Å². The van der Waals surface area contributed by atoms with Crippen LogP contribution in [0.5, 0.6) is 5.75 Å². The number of carbonyl (C=O) groups excluding carboxylic acids is 1. The second-order valence-electron chi connectivity index (χ2n) is 9.51. The molecule has 0 saturated heterocycles. The van der Waals surface area contributed by atoms with Gasteiger partial charge in [0.2, 0.25) is 5.89 Å². The summed E-state index contributed by atoms with van der Waals surface area (Å²) in [6, 6.07) is 27.5. The molecule has 1 aromatic heterocycles. The van der Waals surface area contributed by atoms with Crippen LogP contribution in [0.1, 0.15) is 37.1 Å². The molecule has 1 aliphatic rings. The zero-order valence-electron chi connectivity index (χ0n) is 20.9. The van der Waals surface area contributed by atoms with Gasteiger partial charge in [-0.2, -0.15) is 0 Å². The maximum Gasteiger partial charge on any atom is 0.343 e. The first-order chi connectivity index (χ1) is 18.1. The lowest BCUT2D eigenvalue weighted by Gasteiger charge is -2.37. The lowest BCUT2D eigenvalue weighted by Crippen LogP contribution is -2.39. The molecule has 37 heavy (non-hydrogen) atoms. The van der Waals surface area contributed by atoms with Gasteiger partial charge in [0.1, 0.15) is 17.0 Å². The van der Waals surface area contributed by atoms with Crippen LogP contribution in [0, 0.1) is 5.92 Å². The first-order valence-electron chi connectivity index (χ1n) is 12.7. The van der Waals surface area contributed by atoms with Gasteiger partial charge in [-0.15, -0.1) is 0 Å². The van der Waals surface area contributed by atoms with Crippen molar-refractivity contribution in [3.8, 4) is 28.3 Å². The van der Waals surface area contributed by atoms with Crippen LogP contribution in [0.2, 0.25) is 0 Å². The van der Waals surface area contributed by atoms with Crippen LogP contribution in [0.3, 0.4) is 0 Å². The highest BCUT2D eigenvalue weighted by atomic mass is 16.6. The van der Waals surface area contributed by atoms with Crippen LogP contribution in [-0.2, 0) is 21.6 Å². The van der Waals surface area contributed by atoms with Crippen LogP contribution in [0.15, 0.2) is 89.3 Å². The van der Waals surface area contributed by atoms with E-state index >= 15 is 0 Å². The van der Waals surface area contributed by atoms with Gasteiger partial charge < -0.3 is 19.0 Å². The van der Waals surface area contributed by atoms with Crippen molar-refractivity contribution in [2.75, 3.05) is 13.7 Å². The molecule has 1 heterocycles. The summed E-state index contributed by atoms with van der Waals surface area (Å²) in [4.78, 5) is 16.4. The summed E-state index contributed by atoms with van der Waals surface area (Å²) < 4.78 is 16.7. The Bertz CT molecular complexity index is 1280. The Labute approximate surface area is 216 Å². The quantitative estimate of drug-likeness (QED) is 0.293. The van der Waals surface area contributed by atoms with Crippen molar-refractivity contribution >= 4 is 5.97 Å². The van der Waals surface area contributed by atoms with Gasteiger partial charge in [0.25, 0.3) is 0 Å². The van der Waals surface area contributed by atoms with E-state index in [-0.39, 0.29) is 12.5 Å². The van der Waals surface area contributed by atoms with E-state index in [2.05, 4.69) is 4.74 Å². The molecule has 0 aliphatic heterocycles. The lowest BCUT2D eigenvalue weighted by atomic mass is 9.72. The first-order valence-corrected chi connectivity index (χ1v) is 12.7. The van der Waals surface area contributed by atoms with Crippen molar-refractivity contribution in [3.63, 3.8) is 0 Å². The third-order valence-corrected chi connectivity index (χ3v) is 7.08. The third-order valence-electron chi connectivity index (χ3n) is 7.08. The average molecular weight is 498 g/mol. The van der Waals surface area contributed by atoms with E-state index in [1.54, 1.807) is 0 Å². The first kappa shape index (κ1) is 24.8. The molecule has 5 rings (SSSR count). The fourth-order valence-corrected chi connectivity index (χ4v) is 5.11. The number of esters is 1. The molecule has 6 nitrogen and oxygen atoms in total. The summed E-state index contributed by atoms with van der Waals surface area (Å²) in [5.74, 6) is 1.12. The number of aromatic nitrogens is 1. The number of methoxy groups -OCH3 is 1. The molecule has 190 valence electrons. The summed E-state index contributed by atoms with van der Waals surface area (Å²) in [5, 5.41) is 12.1. The van der Waals surface area contributed by atoms with E-state index in [1.807, 2.05) is 84.9 Å². The Balaban J connectivity index is 1.47. The standard InChI is InChI=1S/C31H31NO5/c1-35-27(33)21-36-26-17-10-11-22(20-26)19-25-16-8-9-18-31(25,34)30-32-28(23-12-4-2-5-13-23)29(37-30)24-14-6-3-7-15-24/h2-7,10-15,17,20,25,34H,8-9,16,18-19,21H2,1H3. The SMILES string of the molecule is COC(=O)COc1cccc(CC2CCCCC2(O)c2nc(-c3ccccc3)c(-c3ccccc3)o2)c1. The highest BCUT2D eigenvalue weighted by molar-refractivity contribution is 5.76. The van der Waals surface area contributed by atoms with E-state index in [9.17, 15) is 9.90 Å². The number of ether oxygens (including phenoxy) is 2. The number of benzene rings is 3. The fraction of sp³-hybridized carbons (Fsp3) is 0.290. The van der Waals surface area contributed by atoms with E-state index in [0.29, 0.717) is 30.2 Å². The molecule has 0 spiro atoms. The maximum absolute atomic E-state index is 12.1. The van der Waals surface area contributed by atoms with Crippen molar-refractivity contribution in [2.45, 2.75) is 37.7 Å². The Morgan fingerprint density at radius 2 is 1.73 bits per heavy atom. The van der Waals surface area contributed by atoms with Gasteiger partial charge >= 0.3 is 5.97 Å². The van der Waals surface area contributed by atoms with Crippen LogP contribution >= 0.6 is 0 Å². The van der Waals surface area contributed by atoms with Gasteiger partial charge in [-0.1, -0.05) is 85.6 Å². The van der Waals surface area contributed by atoms with Gasteiger partial charge in [0.05, 0.1) is 7.11 Å². The topological polar surface area (TPSA) is 81.8 Å². The van der Waals surface area contributed by atoms with E-state index in [4.69, 9.17) is 14.1 Å². The van der Waals surface area contributed by atoms with Gasteiger partial charge in [-0.05, 0) is 37.0 Å². The summed E-state index contributed by atoms with van der Waals surface area (Å²) in [6.45, 7) is -0.145. The summed E-state index contributed by atoms with van der Waals surface area (Å²) >= 11 is 0. The number of hydrogen-bond acceptors (Lipinski definition) is 6. The number of hydrogen-bond donors (Lipinski definition) is 1. The number of rotatable bonds is 8. The fourth-order valence-electron chi connectivity index (χ4n) is 5.11. The van der Waals surface area contributed by atoms with Crippen molar-refractivity contribution < 1.29 is 23.8 Å². The van der Waals surface area contributed by atoms with Crippen molar-refractivity contribution in [1.82, 2.24) is 4.98 Å². The van der Waals surface area contributed by atoms with Crippen LogP contribution in [-0.4, -0.2) is 29.8 Å². The number of carbonyl (C=O) groups is 1. The maximum atomic E-state index is 12.1. The smallest absolute Gasteiger partial charge is 0.343 e. The van der Waals surface area contributed by atoms with Crippen LogP contribution in [0.4, 0.5) is 0 Å². The molecule has 2 unspecified atom stereocenters. The average Bonchev–Trinajstić information content (AvgIpc) is 3.41. The van der Waals surface area contributed by atoms with Crippen LogP contribution in [0.25, 0.3) is 22.6 Å². The zero-order chi connectivity index (χ0) is 25.7. The molecule has 1 fully saturated rings. The Kier molecular flexibility index (Phi) is 7.37. The molecular weight excluding hydrogens is 466 g/mol. The Hall–Kier alpha value is -3.90. The molecule has 6 heteroatoms. The van der Waals surface area contributed by atoms with Crippen molar-refractivity contribution in [2.24, 2.45) is 5.92 Å². The second-order valence-corrected chi connectivity index (χ2v) is 9.51. The van der Waals surface area contributed by atoms with Gasteiger partial charge in [0.15, 0.2) is 12.4 Å². The largest absolute Gasteiger partial charge is 0.482 e. The Morgan fingerprint density at radius 1 is 1.00 bits per heavy atom. The predicted molar refractivity (Wildman–Crippen MR) is 141 cm³/mol. The molecule has 2 atom stereocenters. The highest BCUT2D eigenvalue weighted by Crippen LogP contribution is 2.46. The molecule has 1 N–H and O–H groups in total. The molecule has 0 bridgehead atoms. The zero-order valence-corrected chi connectivity index (χ0v) is 20.9. The predicted octanol–water partition coefficient (Wildman–Crippen LogP) is 6.18. The third kappa shape index (κ3) is 5.44. The molecule has 1 saturated carbocycles. The minimum absolute atomic E-state index is 0.0806. The summed E-state index contributed by atoms with van der Waals surface area (Å²) in [6.07, 6.45) is 4.00. The molecule has 1 aliphatic carbocycles. The highest BCUT2D eigenvalue weighted by Gasteiger charge is 2.45. The Morgan fingerprint density at radius 3 is 2.46 bits per heavy atom. The molecule has 3 aromatic carbocycles. The molecule has 0 radical (unpaired) electrons. The minimum atomic E-state index is -1.20. The van der Waals surface area contributed by atoms with Gasteiger partial charge in [-0.3, -0.25) is 0 Å². The molecule has 0 amide bonds. The van der Waals surface area contributed by atoms with Crippen molar-refractivity contribution in [1.29, 1.82) is 0 Å². The normalized spacial score (nSPS) is 19.4. The lowest BCUT2D eigenvalue weighted by molar-refractivity contribution is -0.142. The summed E-state index contributed by atoms with van der Waals surface area (Å²) in [5.41, 5.74) is 2.43.